The van der Waals surface area contributed by atoms with E-state index in [4.69, 9.17) is 16.3 Å². The van der Waals surface area contributed by atoms with E-state index in [1.54, 1.807) is 24.3 Å². The first-order chi connectivity index (χ1) is 16.7. The fourth-order valence-electron chi connectivity index (χ4n) is 3.78. The molecule has 1 amide bonds. The largest absolute Gasteiger partial charge is 0.492 e. The van der Waals surface area contributed by atoms with Crippen LogP contribution in [-0.4, -0.2) is 27.5 Å². The molecule has 0 aliphatic rings. The maximum Gasteiger partial charge on any atom is 0.264 e. The number of sulfonamides is 1. The number of carbonyl (C=O) groups is 1. The van der Waals surface area contributed by atoms with Gasteiger partial charge < -0.3 is 10.1 Å². The van der Waals surface area contributed by atoms with E-state index in [2.05, 4.69) is 19.2 Å². The van der Waals surface area contributed by atoms with E-state index in [1.807, 2.05) is 37.3 Å². The van der Waals surface area contributed by atoms with Gasteiger partial charge in [0.15, 0.2) is 0 Å². The Morgan fingerprint density at radius 3 is 2.23 bits per heavy atom. The van der Waals surface area contributed by atoms with Crippen molar-refractivity contribution in [2.75, 3.05) is 17.5 Å². The zero-order valence-electron chi connectivity index (χ0n) is 20.1. The Kier molecular flexibility index (Phi) is 9.18. The van der Waals surface area contributed by atoms with Crippen molar-refractivity contribution in [3.63, 3.8) is 0 Å². The number of para-hydroxylation sites is 2. The monoisotopic (exact) mass is 514 g/mol. The lowest BCUT2D eigenvalue weighted by molar-refractivity contribution is -0.120. The number of nitrogens with one attached hydrogen (secondary N) is 1. The maximum absolute atomic E-state index is 13.7. The maximum atomic E-state index is 13.7. The van der Waals surface area contributed by atoms with Crippen molar-refractivity contribution in [1.82, 2.24) is 5.32 Å². The third kappa shape index (κ3) is 6.99. The van der Waals surface area contributed by atoms with Crippen molar-refractivity contribution >= 4 is 33.2 Å². The molecule has 0 fully saturated rings. The molecule has 0 saturated heterocycles. The number of hydrogen-bond donors (Lipinski definition) is 1. The molecule has 0 bridgehead atoms. The number of anilines is 1. The van der Waals surface area contributed by atoms with Crippen molar-refractivity contribution in [3.05, 3.63) is 89.4 Å². The minimum absolute atomic E-state index is 0.0304. The molecule has 35 heavy (non-hydrogen) atoms. The molecule has 3 rings (SSSR count). The van der Waals surface area contributed by atoms with Crippen molar-refractivity contribution in [2.24, 2.45) is 5.92 Å². The highest BCUT2D eigenvalue weighted by Crippen LogP contribution is 2.33. The second kappa shape index (κ2) is 12.1. The van der Waals surface area contributed by atoms with Gasteiger partial charge >= 0.3 is 0 Å². The molecule has 186 valence electrons. The molecule has 3 aromatic carbocycles. The van der Waals surface area contributed by atoms with Crippen LogP contribution in [0.15, 0.2) is 83.8 Å². The van der Waals surface area contributed by atoms with Gasteiger partial charge in [-0.05, 0) is 61.2 Å². The summed E-state index contributed by atoms with van der Waals surface area (Å²) in [6, 6.07) is 22.1. The van der Waals surface area contributed by atoms with E-state index in [1.165, 1.54) is 24.3 Å². The van der Waals surface area contributed by atoms with Crippen molar-refractivity contribution in [2.45, 2.75) is 38.1 Å². The molecule has 1 unspecified atom stereocenters. The minimum Gasteiger partial charge on any atom is -0.492 e. The smallest absolute Gasteiger partial charge is 0.264 e. The van der Waals surface area contributed by atoms with Gasteiger partial charge in [-0.15, -0.1) is 0 Å². The molecule has 0 aliphatic carbocycles. The van der Waals surface area contributed by atoms with Crippen LogP contribution in [0, 0.1) is 5.92 Å². The zero-order chi connectivity index (χ0) is 25.4. The van der Waals surface area contributed by atoms with E-state index in [9.17, 15) is 13.2 Å². The number of carbonyl (C=O) groups excluding carboxylic acids is 1. The number of halogens is 1. The van der Waals surface area contributed by atoms with Crippen LogP contribution >= 0.6 is 11.6 Å². The molecular weight excluding hydrogens is 484 g/mol. The van der Waals surface area contributed by atoms with Gasteiger partial charge in [0, 0.05) is 5.02 Å². The lowest BCUT2D eigenvalue weighted by atomic mass is 9.97. The number of rotatable bonds is 11. The molecule has 1 atom stereocenters. The molecule has 0 radical (unpaired) electrons. The first-order valence-electron chi connectivity index (χ1n) is 11.6. The second-order valence-corrected chi connectivity index (χ2v) is 10.8. The van der Waals surface area contributed by atoms with Gasteiger partial charge in [0.25, 0.3) is 10.0 Å². The highest BCUT2D eigenvalue weighted by molar-refractivity contribution is 7.92. The normalized spacial score (nSPS) is 12.3. The van der Waals surface area contributed by atoms with Gasteiger partial charge in [0.1, 0.15) is 12.3 Å². The first kappa shape index (κ1) is 26.6. The van der Waals surface area contributed by atoms with E-state index in [0.717, 1.165) is 16.3 Å². The molecule has 0 spiro atoms. The van der Waals surface area contributed by atoms with Gasteiger partial charge in [-0.1, -0.05) is 67.9 Å². The Labute approximate surface area is 212 Å². The average molecular weight is 515 g/mol. The quantitative estimate of drug-likeness (QED) is 0.349. The summed E-state index contributed by atoms with van der Waals surface area (Å²) in [4.78, 5) is 13.3. The number of ether oxygens (including phenoxy) is 1. The van der Waals surface area contributed by atoms with E-state index in [-0.39, 0.29) is 10.9 Å². The van der Waals surface area contributed by atoms with Gasteiger partial charge in [-0.2, -0.15) is 0 Å². The zero-order valence-corrected chi connectivity index (χ0v) is 21.7. The van der Waals surface area contributed by atoms with Crippen LogP contribution in [-0.2, 0) is 14.8 Å². The fraction of sp³-hybridized carbons (Fsp3) is 0.296. The van der Waals surface area contributed by atoms with Gasteiger partial charge in [0.2, 0.25) is 5.91 Å². The van der Waals surface area contributed by atoms with E-state index < -0.39 is 22.5 Å². The first-order valence-corrected chi connectivity index (χ1v) is 13.4. The molecule has 0 heterocycles. The van der Waals surface area contributed by atoms with Crippen LogP contribution in [0.25, 0.3) is 0 Å². The Morgan fingerprint density at radius 2 is 1.60 bits per heavy atom. The summed E-state index contributed by atoms with van der Waals surface area (Å²) < 4.78 is 34.2. The lowest BCUT2D eigenvalue weighted by Crippen LogP contribution is -2.42. The number of benzene rings is 3. The predicted molar refractivity (Wildman–Crippen MR) is 140 cm³/mol. The summed E-state index contributed by atoms with van der Waals surface area (Å²) in [5, 5.41) is 3.46. The fourth-order valence-corrected chi connectivity index (χ4v) is 5.34. The minimum atomic E-state index is -4.10. The summed E-state index contributed by atoms with van der Waals surface area (Å²) in [5.74, 6) is 0.290. The Bertz CT molecular complexity index is 1220. The second-order valence-electron chi connectivity index (χ2n) is 8.53. The van der Waals surface area contributed by atoms with Crippen LogP contribution in [0.1, 0.15) is 38.8 Å². The molecule has 3 aromatic rings. The van der Waals surface area contributed by atoms with Crippen molar-refractivity contribution < 1.29 is 17.9 Å². The molecule has 8 heteroatoms. The highest BCUT2D eigenvalue weighted by Gasteiger charge is 2.30. The molecule has 0 saturated carbocycles. The SMILES string of the molecule is CCOc1ccccc1N(CC(=O)NC(CC(C)C)c1ccccc1)S(=O)(=O)c1ccc(Cl)cc1. The van der Waals surface area contributed by atoms with E-state index in [0.29, 0.717) is 29.0 Å². The number of nitrogens with zero attached hydrogens (tertiary/aromatic N) is 1. The summed E-state index contributed by atoms with van der Waals surface area (Å²) in [7, 11) is -4.10. The molecule has 0 aromatic heterocycles. The summed E-state index contributed by atoms with van der Waals surface area (Å²) in [6.45, 7) is 5.92. The predicted octanol–water partition coefficient (Wildman–Crippen LogP) is 5.84. The average Bonchev–Trinajstić information content (AvgIpc) is 2.83. The highest BCUT2D eigenvalue weighted by atomic mass is 35.5. The van der Waals surface area contributed by atoms with Crippen LogP contribution in [0.5, 0.6) is 5.75 Å². The van der Waals surface area contributed by atoms with Crippen molar-refractivity contribution in [3.8, 4) is 5.75 Å². The molecule has 0 aliphatic heterocycles. The van der Waals surface area contributed by atoms with Gasteiger partial charge in [-0.25, -0.2) is 8.42 Å². The van der Waals surface area contributed by atoms with Crippen molar-refractivity contribution in [1.29, 1.82) is 0 Å². The van der Waals surface area contributed by atoms with Crippen LogP contribution in [0.3, 0.4) is 0 Å². The molecule has 1 N–H and O–H groups in total. The standard InChI is InChI=1S/C27H31ClN2O4S/c1-4-34-26-13-9-8-12-25(26)30(35(32,33)23-16-14-22(28)15-17-23)19-27(31)29-24(18-20(2)3)21-10-6-5-7-11-21/h5-17,20,24H,4,18-19H2,1-3H3,(H,29,31). The van der Waals surface area contributed by atoms with Gasteiger partial charge in [0.05, 0.1) is 23.2 Å². The number of hydrogen-bond acceptors (Lipinski definition) is 4. The van der Waals surface area contributed by atoms with Gasteiger partial charge in [-0.3, -0.25) is 9.10 Å². The third-order valence-corrected chi connectivity index (χ3v) is 7.39. The Hall–Kier alpha value is -3.03. The molecular formula is C27H31ClN2O4S. The summed E-state index contributed by atoms with van der Waals surface area (Å²) in [5.41, 5.74) is 1.26. The Morgan fingerprint density at radius 1 is 0.971 bits per heavy atom. The molecule has 6 nitrogen and oxygen atoms in total. The summed E-state index contributed by atoms with van der Waals surface area (Å²) in [6.07, 6.45) is 0.717. The topological polar surface area (TPSA) is 75.7 Å². The number of amides is 1. The van der Waals surface area contributed by atoms with E-state index >= 15 is 0 Å². The van der Waals surface area contributed by atoms with Crippen LogP contribution in [0.2, 0.25) is 5.02 Å². The third-order valence-electron chi connectivity index (χ3n) is 5.37. The van der Waals surface area contributed by atoms with Crippen LogP contribution < -0.4 is 14.4 Å². The summed E-state index contributed by atoms with van der Waals surface area (Å²) >= 11 is 5.97. The van der Waals surface area contributed by atoms with Crippen LogP contribution in [0.4, 0.5) is 5.69 Å². The Balaban J connectivity index is 1.98. The lowest BCUT2D eigenvalue weighted by Gasteiger charge is -2.27.